The van der Waals surface area contributed by atoms with Crippen molar-refractivity contribution in [1.82, 2.24) is 9.55 Å². The third-order valence-electron chi connectivity index (χ3n) is 5.05. The number of unbranched alkanes of at least 4 members (excludes halogenated alkanes) is 1. The van der Waals surface area contributed by atoms with E-state index < -0.39 is 11.3 Å². The number of halogens is 3. The van der Waals surface area contributed by atoms with Gasteiger partial charge < -0.3 is 24.3 Å². The van der Waals surface area contributed by atoms with Gasteiger partial charge in [0.05, 0.1) is 6.54 Å². The number of rotatable bonds is 7. The lowest BCUT2D eigenvalue weighted by molar-refractivity contribution is -0.389. The number of ether oxygens (including phenoxy) is 3. The summed E-state index contributed by atoms with van der Waals surface area (Å²) in [5, 5.41) is 10.8. The van der Waals surface area contributed by atoms with Crippen molar-refractivity contribution >= 4 is 5.82 Å². The van der Waals surface area contributed by atoms with Gasteiger partial charge in [0.2, 0.25) is 0 Å². The molecule has 4 rings (SSSR count). The van der Waals surface area contributed by atoms with E-state index in [2.05, 4.69) is 21.6 Å². The van der Waals surface area contributed by atoms with Gasteiger partial charge in [-0.1, -0.05) is 36.1 Å². The lowest BCUT2D eigenvalue weighted by Gasteiger charge is -2.22. The van der Waals surface area contributed by atoms with E-state index in [9.17, 15) is 23.3 Å². The highest BCUT2D eigenvalue weighted by Gasteiger charge is 2.31. The fourth-order valence-corrected chi connectivity index (χ4v) is 3.43. The molecule has 0 N–H and O–H groups in total. The Bertz CT molecular complexity index is 1230. The first kappa shape index (κ1) is 24.1. The van der Waals surface area contributed by atoms with Crippen molar-refractivity contribution in [3.63, 3.8) is 0 Å². The second-order valence-electron chi connectivity index (χ2n) is 7.65. The maximum absolute atomic E-state index is 12.3. The topological polar surface area (TPSA) is 88.7 Å². The molecule has 1 aliphatic heterocycles. The van der Waals surface area contributed by atoms with E-state index in [1.165, 1.54) is 18.3 Å². The van der Waals surface area contributed by atoms with Crippen LogP contribution < -0.4 is 9.47 Å². The minimum absolute atomic E-state index is 0.217. The second-order valence-corrected chi connectivity index (χ2v) is 7.65. The smallest absolute Gasteiger partial charge is 0.443 e. The first-order valence-electron chi connectivity index (χ1n) is 10.7. The molecule has 1 aromatic heterocycles. The zero-order chi connectivity index (χ0) is 24.8. The van der Waals surface area contributed by atoms with Gasteiger partial charge in [0.1, 0.15) is 24.7 Å². The van der Waals surface area contributed by atoms with E-state index in [0.29, 0.717) is 26.0 Å². The molecule has 0 saturated heterocycles. The number of nitro groups is 1. The van der Waals surface area contributed by atoms with Crippen LogP contribution in [0.15, 0.2) is 54.7 Å². The van der Waals surface area contributed by atoms with Crippen LogP contribution in [0.2, 0.25) is 0 Å². The molecular weight excluding hydrogens is 467 g/mol. The van der Waals surface area contributed by atoms with Crippen LogP contribution in [0.4, 0.5) is 19.0 Å². The van der Waals surface area contributed by atoms with Crippen molar-refractivity contribution in [2.75, 3.05) is 13.2 Å². The molecule has 1 aliphatic rings. The molecule has 182 valence electrons. The Morgan fingerprint density at radius 2 is 1.83 bits per heavy atom. The van der Waals surface area contributed by atoms with Crippen molar-refractivity contribution in [2.45, 2.75) is 31.9 Å². The summed E-state index contributed by atoms with van der Waals surface area (Å²) in [6, 6.07) is 13.3. The van der Waals surface area contributed by atoms with E-state index in [4.69, 9.17) is 9.47 Å². The van der Waals surface area contributed by atoms with Crippen LogP contribution in [0.3, 0.4) is 0 Å². The number of nitrogens with zero attached hydrogens (tertiary/aromatic N) is 3. The SMILES string of the molecule is O=[N+]([O-])c1cn2c(n1)OC[C@@H](OCCCC#Cc1ccc(-c3ccc(OC(F)(F)F)cc3)cc1)C2. The van der Waals surface area contributed by atoms with Crippen LogP contribution >= 0.6 is 0 Å². The highest BCUT2D eigenvalue weighted by Crippen LogP contribution is 2.27. The molecule has 0 amide bonds. The van der Waals surface area contributed by atoms with E-state index in [1.54, 1.807) is 16.7 Å². The lowest BCUT2D eigenvalue weighted by atomic mass is 10.0. The van der Waals surface area contributed by atoms with Crippen molar-refractivity contribution < 1.29 is 32.3 Å². The number of alkyl halides is 3. The summed E-state index contributed by atoms with van der Waals surface area (Å²) >= 11 is 0. The third kappa shape index (κ3) is 6.74. The van der Waals surface area contributed by atoms with E-state index >= 15 is 0 Å². The molecule has 0 aliphatic carbocycles. The molecular formula is C24H20F3N3O5. The summed E-state index contributed by atoms with van der Waals surface area (Å²) in [5.74, 6) is 5.64. The summed E-state index contributed by atoms with van der Waals surface area (Å²) in [7, 11) is 0. The largest absolute Gasteiger partial charge is 0.573 e. The average molecular weight is 487 g/mol. The number of imidazole rings is 1. The van der Waals surface area contributed by atoms with Crippen LogP contribution in [0.25, 0.3) is 11.1 Å². The van der Waals surface area contributed by atoms with Crippen molar-refractivity contribution in [2.24, 2.45) is 0 Å². The Hall–Kier alpha value is -4.04. The fraction of sp³-hybridized carbons (Fsp3) is 0.292. The Kier molecular flexibility index (Phi) is 7.22. The standard InChI is InChI=1S/C24H20F3N3O5/c25-24(26,27)35-20-11-9-19(10-12-20)18-7-5-17(6-8-18)4-2-1-3-13-33-21-14-29-15-22(30(31)32)28-23(29)34-16-21/h5-12,15,21H,1,3,13-14,16H2/t21-/m0/s1. The summed E-state index contributed by atoms with van der Waals surface area (Å²) in [4.78, 5) is 14.0. The van der Waals surface area contributed by atoms with Gasteiger partial charge in [0.25, 0.3) is 0 Å². The predicted octanol–water partition coefficient (Wildman–Crippen LogP) is 4.97. The van der Waals surface area contributed by atoms with Gasteiger partial charge in [-0.2, -0.15) is 0 Å². The molecule has 8 nitrogen and oxygen atoms in total. The third-order valence-corrected chi connectivity index (χ3v) is 5.05. The summed E-state index contributed by atoms with van der Waals surface area (Å²) in [5.41, 5.74) is 2.44. The van der Waals surface area contributed by atoms with Crippen LogP contribution in [0.1, 0.15) is 18.4 Å². The highest BCUT2D eigenvalue weighted by atomic mass is 19.4. The van der Waals surface area contributed by atoms with Crippen LogP contribution in [0.5, 0.6) is 11.8 Å². The maximum atomic E-state index is 12.3. The molecule has 0 bridgehead atoms. The van der Waals surface area contributed by atoms with Gasteiger partial charge in [-0.25, -0.2) is 0 Å². The number of aromatic nitrogens is 2. The van der Waals surface area contributed by atoms with Crippen molar-refractivity contribution in [1.29, 1.82) is 0 Å². The first-order chi connectivity index (χ1) is 16.8. The molecule has 11 heteroatoms. The van der Waals surface area contributed by atoms with Gasteiger partial charge >= 0.3 is 18.2 Å². The maximum Gasteiger partial charge on any atom is 0.573 e. The lowest BCUT2D eigenvalue weighted by Crippen LogP contribution is -2.32. The Morgan fingerprint density at radius 3 is 2.49 bits per heavy atom. The minimum Gasteiger partial charge on any atom is -0.443 e. The Labute approximate surface area is 198 Å². The van der Waals surface area contributed by atoms with Crippen molar-refractivity contribution in [3.05, 3.63) is 70.4 Å². The van der Waals surface area contributed by atoms with E-state index in [1.807, 2.05) is 24.3 Å². The summed E-state index contributed by atoms with van der Waals surface area (Å²) < 4.78 is 53.4. The number of fused-ring (bicyclic) bond motifs is 1. The molecule has 3 aromatic rings. The van der Waals surface area contributed by atoms with Crippen molar-refractivity contribution in [3.8, 4) is 34.7 Å². The average Bonchev–Trinajstić information content (AvgIpc) is 3.25. The van der Waals surface area contributed by atoms with Gasteiger partial charge in [0, 0.05) is 23.6 Å². The Balaban J connectivity index is 1.20. The number of hydrogen-bond acceptors (Lipinski definition) is 6. The molecule has 35 heavy (non-hydrogen) atoms. The van der Waals surface area contributed by atoms with Gasteiger partial charge in [-0.15, -0.1) is 13.2 Å². The molecule has 0 fully saturated rings. The summed E-state index contributed by atoms with van der Waals surface area (Å²) in [6.45, 7) is 1.19. The van der Waals surface area contributed by atoms with Crippen LogP contribution in [0, 0.1) is 22.0 Å². The number of hydrogen-bond donors (Lipinski definition) is 0. The quantitative estimate of drug-likeness (QED) is 0.202. The molecule has 1 atom stereocenters. The van der Waals surface area contributed by atoms with Crippen LogP contribution in [-0.4, -0.2) is 40.2 Å². The van der Waals surface area contributed by atoms with E-state index in [-0.39, 0.29) is 30.3 Å². The predicted molar refractivity (Wildman–Crippen MR) is 119 cm³/mol. The van der Waals surface area contributed by atoms with Crippen LogP contribution in [-0.2, 0) is 11.3 Å². The zero-order valence-electron chi connectivity index (χ0n) is 18.3. The van der Waals surface area contributed by atoms with E-state index in [0.717, 1.165) is 16.7 Å². The highest BCUT2D eigenvalue weighted by molar-refractivity contribution is 5.65. The molecule has 0 radical (unpaired) electrons. The fourth-order valence-electron chi connectivity index (χ4n) is 3.43. The molecule has 2 aromatic carbocycles. The molecule has 0 saturated carbocycles. The first-order valence-corrected chi connectivity index (χ1v) is 10.7. The normalized spacial score (nSPS) is 14.9. The summed E-state index contributed by atoms with van der Waals surface area (Å²) in [6.07, 6.45) is -2.26. The molecule has 0 unspecified atom stereocenters. The zero-order valence-corrected chi connectivity index (χ0v) is 18.3. The van der Waals surface area contributed by atoms with Gasteiger partial charge in [-0.3, -0.25) is 4.57 Å². The Morgan fingerprint density at radius 1 is 1.14 bits per heavy atom. The molecule has 2 heterocycles. The minimum atomic E-state index is -4.71. The van der Waals surface area contributed by atoms with Gasteiger partial charge in [0.15, 0.2) is 0 Å². The number of benzene rings is 2. The monoisotopic (exact) mass is 487 g/mol. The second kappa shape index (κ2) is 10.5. The molecule has 0 spiro atoms. The van der Waals surface area contributed by atoms with Gasteiger partial charge in [-0.05, 0) is 46.7 Å².